The molecule has 1 heterocycles. The lowest BCUT2D eigenvalue weighted by Gasteiger charge is -2.32. The summed E-state index contributed by atoms with van der Waals surface area (Å²) >= 11 is 0. The van der Waals surface area contributed by atoms with Crippen molar-refractivity contribution in [1.82, 2.24) is 5.32 Å². The Kier molecular flexibility index (Phi) is 2.76. The van der Waals surface area contributed by atoms with Crippen LogP contribution in [0.25, 0.3) is 0 Å². The second-order valence-electron chi connectivity index (χ2n) is 4.21. The van der Waals surface area contributed by atoms with Crippen molar-refractivity contribution < 1.29 is 9.53 Å². The molecule has 3 heteroatoms. The van der Waals surface area contributed by atoms with Gasteiger partial charge in [-0.3, -0.25) is 5.32 Å². The number of nitrogens with one attached hydrogen (secondary N) is 1. The van der Waals surface area contributed by atoms with Crippen LogP contribution in [0.3, 0.4) is 0 Å². The molecule has 1 aliphatic heterocycles. The van der Waals surface area contributed by atoms with Crippen molar-refractivity contribution in [1.29, 1.82) is 0 Å². The minimum Gasteiger partial charge on any atom is -0.459 e. The van der Waals surface area contributed by atoms with Gasteiger partial charge in [0.15, 0.2) is 0 Å². The number of carbonyl (C=O) groups excluding carboxylic acids is 1. The molecular formula is C10H17NO2. The molecule has 1 aliphatic rings. The van der Waals surface area contributed by atoms with Crippen molar-refractivity contribution in [2.24, 2.45) is 0 Å². The number of rotatable bonds is 1. The number of allylic oxidation sites excluding steroid dienone is 1. The summed E-state index contributed by atoms with van der Waals surface area (Å²) in [5.74, 6) is -0.174. The van der Waals surface area contributed by atoms with Gasteiger partial charge in [0, 0.05) is 6.54 Å². The Bertz CT molecular complexity index is 238. The zero-order chi connectivity index (χ0) is 10.1. The molecule has 0 aromatic carbocycles. The van der Waals surface area contributed by atoms with Gasteiger partial charge in [0.1, 0.15) is 11.6 Å². The van der Waals surface area contributed by atoms with Gasteiger partial charge in [0.2, 0.25) is 0 Å². The fourth-order valence-corrected chi connectivity index (χ4v) is 1.19. The monoisotopic (exact) mass is 183 g/mol. The zero-order valence-electron chi connectivity index (χ0n) is 8.68. The SMILES string of the molecule is C/C=C1\CNC1C(=O)OC(C)(C)C. The van der Waals surface area contributed by atoms with Crippen LogP contribution in [-0.2, 0) is 9.53 Å². The van der Waals surface area contributed by atoms with E-state index in [1.807, 2.05) is 33.8 Å². The van der Waals surface area contributed by atoms with Gasteiger partial charge in [-0.25, -0.2) is 4.79 Å². The third-order valence-electron chi connectivity index (χ3n) is 1.89. The van der Waals surface area contributed by atoms with Crippen LogP contribution >= 0.6 is 0 Å². The van der Waals surface area contributed by atoms with E-state index in [1.165, 1.54) is 0 Å². The highest BCUT2D eigenvalue weighted by molar-refractivity contribution is 5.81. The number of carbonyl (C=O) groups is 1. The first-order chi connectivity index (χ1) is 5.94. The van der Waals surface area contributed by atoms with Crippen LogP contribution in [0.5, 0.6) is 0 Å². The summed E-state index contributed by atoms with van der Waals surface area (Å²) < 4.78 is 5.23. The largest absolute Gasteiger partial charge is 0.459 e. The summed E-state index contributed by atoms with van der Waals surface area (Å²) in [6.07, 6.45) is 1.96. The Morgan fingerprint density at radius 3 is 2.54 bits per heavy atom. The Hall–Kier alpha value is -0.830. The molecule has 1 unspecified atom stereocenters. The third kappa shape index (κ3) is 2.56. The fourth-order valence-electron chi connectivity index (χ4n) is 1.19. The van der Waals surface area contributed by atoms with E-state index in [1.54, 1.807) is 0 Å². The first-order valence-electron chi connectivity index (χ1n) is 4.55. The average Bonchev–Trinajstić information content (AvgIpc) is 1.80. The normalized spacial score (nSPS) is 25.5. The molecule has 1 rings (SSSR count). The fraction of sp³-hybridized carbons (Fsp3) is 0.700. The van der Waals surface area contributed by atoms with Crippen molar-refractivity contribution in [3.63, 3.8) is 0 Å². The number of hydrogen-bond donors (Lipinski definition) is 1. The topological polar surface area (TPSA) is 38.3 Å². The second-order valence-corrected chi connectivity index (χ2v) is 4.21. The standard InChI is InChI=1S/C10H17NO2/c1-5-7-6-11-8(7)9(12)13-10(2,3)4/h5,8,11H,6H2,1-4H3/b7-5+. The highest BCUT2D eigenvalue weighted by Gasteiger charge is 2.33. The van der Waals surface area contributed by atoms with E-state index >= 15 is 0 Å². The Morgan fingerprint density at radius 1 is 1.62 bits per heavy atom. The Balaban J connectivity index is 2.50. The van der Waals surface area contributed by atoms with Crippen molar-refractivity contribution in [2.45, 2.75) is 39.3 Å². The first kappa shape index (κ1) is 10.3. The van der Waals surface area contributed by atoms with Crippen LogP contribution in [0.4, 0.5) is 0 Å². The molecule has 1 N–H and O–H groups in total. The van der Waals surface area contributed by atoms with Crippen LogP contribution in [0.2, 0.25) is 0 Å². The summed E-state index contributed by atoms with van der Waals surface area (Å²) in [4.78, 5) is 11.5. The summed E-state index contributed by atoms with van der Waals surface area (Å²) in [6, 6.07) is -0.204. The number of esters is 1. The van der Waals surface area contributed by atoms with Crippen molar-refractivity contribution in [2.75, 3.05) is 6.54 Å². The van der Waals surface area contributed by atoms with Gasteiger partial charge in [0.25, 0.3) is 0 Å². The van der Waals surface area contributed by atoms with Gasteiger partial charge in [-0.1, -0.05) is 6.08 Å². The third-order valence-corrected chi connectivity index (χ3v) is 1.89. The molecule has 1 saturated heterocycles. The van der Waals surface area contributed by atoms with E-state index < -0.39 is 5.60 Å². The number of hydrogen-bond acceptors (Lipinski definition) is 3. The summed E-state index contributed by atoms with van der Waals surface area (Å²) in [7, 11) is 0. The highest BCUT2D eigenvalue weighted by Crippen LogP contribution is 2.16. The van der Waals surface area contributed by atoms with Gasteiger partial charge in [0.05, 0.1) is 0 Å². The van der Waals surface area contributed by atoms with E-state index in [-0.39, 0.29) is 12.0 Å². The smallest absolute Gasteiger partial charge is 0.328 e. The number of ether oxygens (including phenoxy) is 1. The molecule has 1 fully saturated rings. The van der Waals surface area contributed by atoms with Crippen molar-refractivity contribution in [3.05, 3.63) is 11.6 Å². The summed E-state index contributed by atoms with van der Waals surface area (Å²) in [5, 5.41) is 3.03. The predicted molar refractivity (Wildman–Crippen MR) is 51.4 cm³/mol. The molecular weight excluding hydrogens is 166 g/mol. The van der Waals surface area contributed by atoms with Gasteiger partial charge in [-0.2, -0.15) is 0 Å². The van der Waals surface area contributed by atoms with Crippen LogP contribution in [0.15, 0.2) is 11.6 Å². The maximum Gasteiger partial charge on any atom is 0.328 e. The van der Waals surface area contributed by atoms with Crippen molar-refractivity contribution in [3.8, 4) is 0 Å². The highest BCUT2D eigenvalue weighted by atomic mass is 16.6. The zero-order valence-corrected chi connectivity index (χ0v) is 8.68. The molecule has 0 amide bonds. The molecule has 0 bridgehead atoms. The van der Waals surface area contributed by atoms with E-state index in [4.69, 9.17) is 4.74 Å². The molecule has 0 aromatic rings. The van der Waals surface area contributed by atoms with Gasteiger partial charge in [-0.15, -0.1) is 0 Å². The van der Waals surface area contributed by atoms with Crippen LogP contribution in [0.1, 0.15) is 27.7 Å². The molecule has 3 nitrogen and oxygen atoms in total. The first-order valence-corrected chi connectivity index (χ1v) is 4.55. The molecule has 0 saturated carbocycles. The van der Waals surface area contributed by atoms with Crippen molar-refractivity contribution >= 4 is 5.97 Å². The molecule has 0 radical (unpaired) electrons. The van der Waals surface area contributed by atoms with E-state index in [2.05, 4.69) is 5.32 Å². The minimum absolute atomic E-state index is 0.174. The summed E-state index contributed by atoms with van der Waals surface area (Å²) in [5.41, 5.74) is 0.724. The lowest BCUT2D eigenvalue weighted by atomic mass is 9.99. The maximum atomic E-state index is 11.5. The minimum atomic E-state index is -0.396. The molecule has 0 aliphatic carbocycles. The molecule has 13 heavy (non-hydrogen) atoms. The summed E-state index contributed by atoms with van der Waals surface area (Å²) in [6.45, 7) is 8.37. The molecule has 74 valence electrons. The van der Waals surface area contributed by atoms with E-state index in [9.17, 15) is 4.79 Å². The Morgan fingerprint density at radius 2 is 2.23 bits per heavy atom. The van der Waals surface area contributed by atoms with Gasteiger partial charge in [-0.05, 0) is 33.3 Å². The molecule has 1 atom stereocenters. The average molecular weight is 183 g/mol. The van der Waals surface area contributed by atoms with Crippen LogP contribution in [-0.4, -0.2) is 24.2 Å². The molecule has 0 spiro atoms. The van der Waals surface area contributed by atoms with Crippen LogP contribution < -0.4 is 5.32 Å². The van der Waals surface area contributed by atoms with E-state index in [0.29, 0.717) is 0 Å². The Labute approximate surface area is 79.2 Å². The van der Waals surface area contributed by atoms with Crippen LogP contribution in [0, 0.1) is 0 Å². The predicted octanol–water partition coefficient (Wildman–Crippen LogP) is 1.25. The molecule has 0 aromatic heterocycles. The van der Waals surface area contributed by atoms with E-state index in [0.717, 1.165) is 12.1 Å². The lowest BCUT2D eigenvalue weighted by Crippen LogP contribution is -2.53. The second kappa shape index (κ2) is 3.50. The quantitative estimate of drug-likeness (QED) is 0.491. The van der Waals surface area contributed by atoms with Gasteiger partial charge < -0.3 is 4.74 Å². The lowest BCUT2D eigenvalue weighted by molar-refractivity contribution is -0.157. The maximum absolute atomic E-state index is 11.5. The van der Waals surface area contributed by atoms with Gasteiger partial charge >= 0.3 is 5.97 Å².